The first-order valence-corrected chi connectivity index (χ1v) is 8.37. The molecule has 24 heavy (non-hydrogen) atoms. The maximum absolute atomic E-state index is 13.0. The number of amides is 1. The Morgan fingerprint density at radius 1 is 1.42 bits per heavy atom. The first kappa shape index (κ1) is 18.9. The van der Waals surface area contributed by atoms with Gasteiger partial charge in [-0.1, -0.05) is 0 Å². The van der Waals surface area contributed by atoms with Crippen molar-refractivity contribution >= 4 is 34.2 Å². The SMILES string of the molecule is CC1CC(NC(=O)c2nn(-c3ccc(F)cc3)cc2Br)CCN1.Cl. The number of rotatable bonds is 3. The maximum atomic E-state index is 13.0. The minimum atomic E-state index is -0.307. The topological polar surface area (TPSA) is 59.0 Å². The standard InChI is InChI=1S/C16H18BrFN4O.ClH/c1-10-8-12(6-7-19-10)20-16(23)15-14(17)9-22(21-15)13-4-2-11(18)3-5-13;/h2-5,9-10,12,19H,6-8H2,1H3,(H,20,23);1H. The van der Waals surface area contributed by atoms with Crippen LogP contribution in [0.2, 0.25) is 0 Å². The Labute approximate surface area is 154 Å². The van der Waals surface area contributed by atoms with E-state index in [-0.39, 0.29) is 30.2 Å². The summed E-state index contributed by atoms with van der Waals surface area (Å²) in [5.74, 6) is -0.505. The highest BCUT2D eigenvalue weighted by Gasteiger charge is 2.23. The second-order valence-electron chi connectivity index (χ2n) is 5.80. The summed E-state index contributed by atoms with van der Waals surface area (Å²) >= 11 is 3.38. The molecule has 2 N–H and O–H groups in total. The van der Waals surface area contributed by atoms with E-state index in [0.29, 0.717) is 21.9 Å². The maximum Gasteiger partial charge on any atom is 0.273 e. The van der Waals surface area contributed by atoms with Crippen molar-refractivity contribution in [3.05, 3.63) is 46.4 Å². The van der Waals surface area contributed by atoms with E-state index in [1.54, 1.807) is 23.0 Å². The van der Waals surface area contributed by atoms with Gasteiger partial charge in [-0.2, -0.15) is 5.10 Å². The van der Waals surface area contributed by atoms with Gasteiger partial charge in [0.1, 0.15) is 5.82 Å². The summed E-state index contributed by atoms with van der Waals surface area (Å²) in [5, 5.41) is 10.7. The van der Waals surface area contributed by atoms with Crippen LogP contribution in [0.4, 0.5) is 4.39 Å². The number of benzene rings is 1. The van der Waals surface area contributed by atoms with Crippen molar-refractivity contribution in [2.45, 2.75) is 31.8 Å². The van der Waals surface area contributed by atoms with Crippen molar-refractivity contribution in [1.29, 1.82) is 0 Å². The van der Waals surface area contributed by atoms with Gasteiger partial charge in [0.2, 0.25) is 0 Å². The summed E-state index contributed by atoms with van der Waals surface area (Å²) in [6.45, 7) is 3.01. The van der Waals surface area contributed by atoms with Crippen LogP contribution in [0, 0.1) is 5.82 Å². The van der Waals surface area contributed by atoms with E-state index in [4.69, 9.17) is 0 Å². The number of hydrogen-bond donors (Lipinski definition) is 2. The number of aromatic nitrogens is 2. The molecule has 0 radical (unpaired) electrons. The van der Waals surface area contributed by atoms with Gasteiger partial charge in [0.25, 0.3) is 5.91 Å². The second kappa shape index (κ2) is 8.09. The second-order valence-corrected chi connectivity index (χ2v) is 6.65. The number of nitrogens with zero attached hydrogens (tertiary/aromatic N) is 2. The van der Waals surface area contributed by atoms with E-state index in [1.165, 1.54) is 12.1 Å². The normalized spacial score (nSPS) is 20.3. The summed E-state index contributed by atoms with van der Waals surface area (Å²) in [6, 6.07) is 6.51. The smallest absolute Gasteiger partial charge is 0.273 e. The molecule has 130 valence electrons. The molecule has 2 unspecified atom stereocenters. The molecule has 8 heteroatoms. The summed E-state index contributed by atoms with van der Waals surface area (Å²) in [7, 11) is 0. The number of hydrogen-bond acceptors (Lipinski definition) is 3. The molecule has 1 saturated heterocycles. The van der Waals surface area contributed by atoms with Crippen molar-refractivity contribution in [2.75, 3.05) is 6.54 Å². The lowest BCUT2D eigenvalue weighted by Crippen LogP contribution is -2.46. The van der Waals surface area contributed by atoms with Crippen LogP contribution in [0.5, 0.6) is 0 Å². The number of carbonyl (C=O) groups excluding carboxylic acids is 1. The Balaban J connectivity index is 0.00000208. The first-order chi connectivity index (χ1) is 11.0. The third-order valence-electron chi connectivity index (χ3n) is 3.93. The number of halogens is 3. The molecular weight excluding hydrogens is 399 g/mol. The Bertz CT molecular complexity index is 707. The van der Waals surface area contributed by atoms with E-state index < -0.39 is 0 Å². The lowest BCUT2D eigenvalue weighted by molar-refractivity contribution is 0.0919. The van der Waals surface area contributed by atoms with E-state index >= 15 is 0 Å². The van der Waals surface area contributed by atoms with Crippen LogP contribution >= 0.6 is 28.3 Å². The largest absolute Gasteiger partial charge is 0.348 e. The monoisotopic (exact) mass is 416 g/mol. The lowest BCUT2D eigenvalue weighted by atomic mass is 10.0. The fourth-order valence-corrected chi connectivity index (χ4v) is 3.20. The molecule has 0 aliphatic carbocycles. The number of carbonyl (C=O) groups is 1. The molecule has 2 heterocycles. The zero-order valence-corrected chi connectivity index (χ0v) is 15.5. The highest BCUT2D eigenvalue weighted by molar-refractivity contribution is 9.10. The van der Waals surface area contributed by atoms with Crippen molar-refractivity contribution in [2.24, 2.45) is 0 Å². The summed E-state index contributed by atoms with van der Waals surface area (Å²) < 4.78 is 15.2. The predicted octanol–water partition coefficient (Wildman–Crippen LogP) is 3.07. The highest BCUT2D eigenvalue weighted by Crippen LogP contribution is 2.19. The molecule has 0 bridgehead atoms. The van der Waals surface area contributed by atoms with Gasteiger partial charge < -0.3 is 10.6 Å². The molecule has 1 aliphatic rings. The van der Waals surface area contributed by atoms with Gasteiger partial charge in [-0.15, -0.1) is 12.4 Å². The van der Waals surface area contributed by atoms with Crippen LogP contribution in [0.25, 0.3) is 5.69 Å². The van der Waals surface area contributed by atoms with Gasteiger partial charge in [-0.25, -0.2) is 9.07 Å². The summed E-state index contributed by atoms with van der Waals surface area (Å²) in [4.78, 5) is 12.4. The lowest BCUT2D eigenvalue weighted by Gasteiger charge is -2.28. The Morgan fingerprint density at radius 2 is 2.12 bits per heavy atom. The average molecular weight is 418 g/mol. The zero-order valence-electron chi connectivity index (χ0n) is 13.1. The molecular formula is C16H19BrClFN4O. The Hall–Kier alpha value is -1.44. The number of piperidine rings is 1. The predicted molar refractivity (Wildman–Crippen MR) is 96.4 cm³/mol. The van der Waals surface area contributed by atoms with Crippen molar-refractivity contribution in [1.82, 2.24) is 20.4 Å². The minimum absolute atomic E-state index is 0. The zero-order chi connectivity index (χ0) is 16.4. The highest BCUT2D eigenvalue weighted by atomic mass is 79.9. The van der Waals surface area contributed by atoms with Gasteiger partial charge in [-0.3, -0.25) is 4.79 Å². The summed E-state index contributed by atoms with van der Waals surface area (Å²) in [6.07, 6.45) is 3.52. The molecule has 1 amide bonds. The van der Waals surface area contributed by atoms with Crippen LogP contribution in [0.3, 0.4) is 0 Å². The van der Waals surface area contributed by atoms with E-state index in [9.17, 15) is 9.18 Å². The molecule has 2 atom stereocenters. The van der Waals surface area contributed by atoms with Crippen LogP contribution in [-0.4, -0.2) is 34.3 Å². The van der Waals surface area contributed by atoms with Gasteiger partial charge in [0.15, 0.2) is 5.69 Å². The van der Waals surface area contributed by atoms with Gasteiger partial charge >= 0.3 is 0 Å². The molecule has 0 spiro atoms. The quantitative estimate of drug-likeness (QED) is 0.807. The third-order valence-corrected chi connectivity index (χ3v) is 4.52. The molecule has 3 rings (SSSR count). The van der Waals surface area contributed by atoms with E-state index in [0.717, 1.165) is 19.4 Å². The van der Waals surface area contributed by atoms with Crippen molar-refractivity contribution < 1.29 is 9.18 Å². The van der Waals surface area contributed by atoms with Crippen LogP contribution < -0.4 is 10.6 Å². The van der Waals surface area contributed by atoms with E-state index in [2.05, 4.69) is 38.6 Å². The first-order valence-electron chi connectivity index (χ1n) is 7.58. The number of nitrogens with one attached hydrogen (secondary N) is 2. The van der Waals surface area contributed by atoms with Crippen LogP contribution in [-0.2, 0) is 0 Å². The van der Waals surface area contributed by atoms with Crippen molar-refractivity contribution in [3.63, 3.8) is 0 Å². The molecule has 1 aliphatic heterocycles. The Morgan fingerprint density at radius 3 is 2.79 bits per heavy atom. The molecule has 1 aromatic heterocycles. The third kappa shape index (κ3) is 4.34. The summed E-state index contributed by atoms with van der Waals surface area (Å²) in [5.41, 5.74) is 1.03. The molecule has 1 fully saturated rings. The van der Waals surface area contributed by atoms with E-state index in [1.807, 2.05) is 0 Å². The fraction of sp³-hybridized carbons (Fsp3) is 0.375. The Kier molecular flexibility index (Phi) is 6.37. The fourth-order valence-electron chi connectivity index (χ4n) is 2.75. The molecule has 5 nitrogen and oxygen atoms in total. The van der Waals surface area contributed by atoms with Crippen LogP contribution in [0.15, 0.2) is 34.9 Å². The molecule has 0 saturated carbocycles. The van der Waals surface area contributed by atoms with Crippen LogP contribution in [0.1, 0.15) is 30.3 Å². The van der Waals surface area contributed by atoms with Gasteiger partial charge in [0.05, 0.1) is 10.2 Å². The molecule has 2 aromatic rings. The van der Waals surface area contributed by atoms with Crippen molar-refractivity contribution in [3.8, 4) is 5.69 Å². The molecule has 1 aromatic carbocycles. The minimum Gasteiger partial charge on any atom is -0.348 e. The van der Waals surface area contributed by atoms with Gasteiger partial charge in [0, 0.05) is 18.3 Å². The average Bonchev–Trinajstić information content (AvgIpc) is 2.90. The van der Waals surface area contributed by atoms with Gasteiger partial charge in [-0.05, 0) is 66.5 Å².